The highest BCUT2D eigenvalue weighted by Crippen LogP contribution is 2.31. The molecule has 138 valence electrons. The van der Waals surface area contributed by atoms with Crippen LogP contribution in [0.1, 0.15) is 21.5 Å². The molecule has 0 atom stereocenters. The molecule has 0 aliphatic heterocycles. The molecule has 3 nitrogen and oxygen atoms in total. The van der Waals surface area contributed by atoms with Crippen molar-refractivity contribution < 1.29 is 4.79 Å². The Balaban J connectivity index is 1.89. The minimum Gasteiger partial charge on any atom is -0.321 e. The van der Waals surface area contributed by atoms with Crippen molar-refractivity contribution in [2.75, 3.05) is 5.32 Å². The third kappa shape index (κ3) is 3.37. The van der Waals surface area contributed by atoms with Crippen LogP contribution >= 0.6 is 11.6 Å². The summed E-state index contributed by atoms with van der Waals surface area (Å²) >= 11 is 6.23. The molecule has 0 unspecified atom stereocenters. The number of nitrogens with zero attached hydrogens (tertiary/aromatic N) is 1. The number of aromatic nitrogens is 1. The van der Waals surface area contributed by atoms with Crippen LogP contribution in [0.5, 0.6) is 0 Å². The van der Waals surface area contributed by atoms with Crippen LogP contribution in [0.3, 0.4) is 0 Å². The average Bonchev–Trinajstić information content (AvgIpc) is 2.70. The summed E-state index contributed by atoms with van der Waals surface area (Å²) in [5.41, 5.74) is 5.80. The molecule has 3 aromatic carbocycles. The number of pyridine rings is 1. The second-order valence-electron chi connectivity index (χ2n) is 6.78. The van der Waals surface area contributed by atoms with Crippen molar-refractivity contribution in [1.29, 1.82) is 0 Å². The fourth-order valence-electron chi connectivity index (χ4n) is 3.34. The second kappa shape index (κ2) is 7.45. The summed E-state index contributed by atoms with van der Waals surface area (Å²) in [6.07, 6.45) is 0. The zero-order valence-electron chi connectivity index (χ0n) is 15.7. The van der Waals surface area contributed by atoms with Crippen molar-refractivity contribution in [3.8, 4) is 11.3 Å². The van der Waals surface area contributed by atoms with E-state index in [0.717, 1.165) is 27.7 Å². The Kier molecular flexibility index (Phi) is 4.84. The van der Waals surface area contributed by atoms with Gasteiger partial charge in [0.2, 0.25) is 0 Å². The number of benzene rings is 3. The van der Waals surface area contributed by atoms with Crippen LogP contribution in [0.4, 0.5) is 5.69 Å². The Morgan fingerprint density at radius 1 is 0.893 bits per heavy atom. The number of carbonyl (C=O) groups excluding carboxylic acids is 1. The smallest absolute Gasteiger partial charge is 0.256 e. The number of rotatable bonds is 3. The van der Waals surface area contributed by atoms with Gasteiger partial charge in [0.25, 0.3) is 5.91 Å². The third-order valence-corrected chi connectivity index (χ3v) is 5.14. The largest absolute Gasteiger partial charge is 0.321 e. The lowest BCUT2D eigenvalue weighted by atomic mass is 9.96. The fraction of sp³-hybridized carbons (Fsp3) is 0.0833. The van der Waals surface area contributed by atoms with Crippen LogP contribution in [0, 0.1) is 13.8 Å². The first kappa shape index (κ1) is 18.2. The summed E-state index contributed by atoms with van der Waals surface area (Å²) < 4.78 is 0. The van der Waals surface area contributed by atoms with E-state index < -0.39 is 0 Å². The molecule has 0 aliphatic rings. The van der Waals surface area contributed by atoms with Gasteiger partial charge < -0.3 is 5.32 Å². The van der Waals surface area contributed by atoms with Crippen LogP contribution in [0.2, 0.25) is 5.02 Å². The number of nitrogens with one attached hydrogen (secondary N) is 1. The van der Waals surface area contributed by atoms with E-state index in [1.54, 1.807) is 12.1 Å². The number of fused-ring (bicyclic) bond motifs is 1. The maximum absolute atomic E-state index is 13.2. The number of hydrogen-bond donors (Lipinski definition) is 1. The van der Waals surface area contributed by atoms with E-state index in [9.17, 15) is 4.79 Å². The van der Waals surface area contributed by atoms with Gasteiger partial charge in [-0.2, -0.15) is 0 Å². The zero-order valence-corrected chi connectivity index (χ0v) is 16.4. The van der Waals surface area contributed by atoms with Crippen LogP contribution in [-0.2, 0) is 0 Å². The maximum Gasteiger partial charge on any atom is 0.256 e. The lowest BCUT2D eigenvalue weighted by Gasteiger charge is -2.15. The lowest BCUT2D eigenvalue weighted by Crippen LogP contribution is -2.15. The Morgan fingerprint density at radius 2 is 1.57 bits per heavy atom. The predicted octanol–water partition coefficient (Wildman–Crippen LogP) is 6.42. The summed E-state index contributed by atoms with van der Waals surface area (Å²) in [6.45, 7) is 3.99. The van der Waals surface area contributed by atoms with Crippen molar-refractivity contribution in [2.45, 2.75) is 13.8 Å². The van der Waals surface area contributed by atoms with Crippen molar-refractivity contribution in [3.63, 3.8) is 0 Å². The molecule has 0 saturated carbocycles. The monoisotopic (exact) mass is 386 g/mol. The van der Waals surface area contributed by atoms with Gasteiger partial charge in [0.1, 0.15) is 0 Å². The highest BCUT2D eigenvalue weighted by molar-refractivity contribution is 6.34. The van der Waals surface area contributed by atoms with E-state index in [1.807, 2.05) is 62.4 Å². The van der Waals surface area contributed by atoms with Gasteiger partial charge in [-0.3, -0.25) is 4.79 Å². The van der Waals surface area contributed by atoms with Gasteiger partial charge in [-0.05, 0) is 37.6 Å². The molecule has 1 amide bonds. The Morgan fingerprint density at radius 3 is 2.32 bits per heavy atom. The van der Waals surface area contributed by atoms with E-state index in [0.29, 0.717) is 16.3 Å². The molecular weight excluding hydrogens is 368 g/mol. The lowest BCUT2D eigenvalue weighted by molar-refractivity contribution is 0.102. The van der Waals surface area contributed by atoms with Crippen LogP contribution in [0.15, 0.2) is 72.8 Å². The Labute approximate surface area is 169 Å². The van der Waals surface area contributed by atoms with E-state index in [2.05, 4.69) is 17.4 Å². The number of amides is 1. The molecule has 0 saturated heterocycles. The number of carbonyl (C=O) groups is 1. The second-order valence-corrected chi connectivity index (χ2v) is 7.18. The third-order valence-electron chi connectivity index (χ3n) is 4.81. The normalized spacial score (nSPS) is 10.8. The first-order chi connectivity index (χ1) is 13.5. The van der Waals surface area contributed by atoms with Crippen molar-refractivity contribution in [2.24, 2.45) is 0 Å². The summed E-state index contributed by atoms with van der Waals surface area (Å²) in [7, 11) is 0. The topological polar surface area (TPSA) is 42.0 Å². The van der Waals surface area contributed by atoms with Gasteiger partial charge in [-0.15, -0.1) is 0 Å². The maximum atomic E-state index is 13.2. The van der Waals surface area contributed by atoms with E-state index in [-0.39, 0.29) is 5.91 Å². The van der Waals surface area contributed by atoms with E-state index in [1.165, 1.54) is 5.56 Å². The summed E-state index contributed by atoms with van der Waals surface area (Å²) in [6, 6.07) is 23.1. The molecule has 28 heavy (non-hydrogen) atoms. The standard InChI is InChI=1S/C24H19ClN2O/c1-15-11-13-17(14-12-15)23-16(2)22(18-7-3-5-9-20(18)26-23)24(28)27-21-10-6-4-8-19(21)25/h3-14H,1-2H3,(H,27,28). The molecule has 0 aliphatic carbocycles. The van der Waals surface area contributed by atoms with Gasteiger partial charge in [0.15, 0.2) is 0 Å². The van der Waals surface area contributed by atoms with Gasteiger partial charge in [-0.25, -0.2) is 4.98 Å². The molecular formula is C24H19ClN2O. The molecule has 0 bridgehead atoms. The van der Waals surface area contributed by atoms with Crippen LogP contribution in [-0.4, -0.2) is 10.9 Å². The molecule has 0 fully saturated rings. The number of anilines is 1. The SMILES string of the molecule is Cc1ccc(-c2nc3ccccc3c(C(=O)Nc3ccccc3Cl)c2C)cc1. The van der Waals surface area contributed by atoms with Crippen molar-refractivity contribution in [3.05, 3.63) is 94.5 Å². The molecule has 4 rings (SSSR count). The molecule has 4 heteroatoms. The minimum absolute atomic E-state index is 0.197. The predicted molar refractivity (Wildman–Crippen MR) is 116 cm³/mol. The first-order valence-electron chi connectivity index (χ1n) is 9.07. The molecule has 4 aromatic rings. The van der Waals surface area contributed by atoms with Crippen LogP contribution < -0.4 is 5.32 Å². The first-order valence-corrected chi connectivity index (χ1v) is 9.44. The summed E-state index contributed by atoms with van der Waals surface area (Å²) in [4.78, 5) is 18.1. The Bertz CT molecular complexity index is 1180. The number of hydrogen-bond acceptors (Lipinski definition) is 2. The minimum atomic E-state index is -0.197. The van der Waals surface area contributed by atoms with Gasteiger partial charge >= 0.3 is 0 Å². The molecule has 1 heterocycles. The number of halogens is 1. The van der Waals surface area contributed by atoms with E-state index in [4.69, 9.17) is 16.6 Å². The van der Waals surface area contributed by atoms with E-state index >= 15 is 0 Å². The quantitative estimate of drug-likeness (QED) is 0.441. The zero-order chi connectivity index (χ0) is 19.7. The Hall–Kier alpha value is -3.17. The molecule has 0 radical (unpaired) electrons. The molecule has 1 N–H and O–H groups in total. The fourth-order valence-corrected chi connectivity index (χ4v) is 3.52. The van der Waals surface area contributed by atoms with Crippen molar-refractivity contribution >= 4 is 34.1 Å². The highest BCUT2D eigenvalue weighted by Gasteiger charge is 2.19. The molecule has 1 aromatic heterocycles. The summed E-state index contributed by atoms with van der Waals surface area (Å²) in [5, 5.41) is 4.27. The number of para-hydroxylation sites is 2. The van der Waals surface area contributed by atoms with Crippen LogP contribution in [0.25, 0.3) is 22.2 Å². The average molecular weight is 387 g/mol. The number of aryl methyl sites for hydroxylation is 1. The van der Waals surface area contributed by atoms with Crippen molar-refractivity contribution in [1.82, 2.24) is 4.98 Å². The van der Waals surface area contributed by atoms with Gasteiger partial charge in [0, 0.05) is 10.9 Å². The highest BCUT2D eigenvalue weighted by atomic mass is 35.5. The van der Waals surface area contributed by atoms with Gasteiger partial charge in [0.05, 0.1) is 27.5 Å². The summed E-state index contributed by atoms with van der Waals surface area (Å²) in [5.74, 6) is -0.197. The van der Waals surface area contributed by atoms with Gasteiger partial charge in [-0.1, -0.05) is 71.8 Å². The molecule has 0 spiro atoms.